The molecule has 0 aliphatic carbocycles. The first-order chi connectivity index (χ1) is 12.3. The van der Waals surface area contributed by atoms with Gasteiger partial charge in [0.15, 0.2) is 0 Å². The van der Waals surface area contributed by atoms with Crippen LogP contribution in [0, 0.1) is 10.1 Å². The lowest BCUT2D eigenvalue weighted by Crippen LogP contribution is -3.18. The summed E-state index contributed by atoms with van der Waals surface area (Å²) < 4.78 is 5.64. The van der Waals surface area contributed by atoms with E-state index in [2.05, 4.69) is 20.8 Å². The summed E-state index contributed by atoms with van der Waals surface area (Å²) in [5.41, 5.74) is 0.995. The lowest BCUT2D eigenvalue weighted by molar-refractivity contribution is -0.962. The highest BCUT2D eigenvalue weighted by Gasteiger charge is 2.28. The summed E-state index contributed by atoms with van der Waals surface area (Å²) >= 11 is 0. The highest BCUT2D eigenvalue weighted by atomic mass is 16.6. The van der Waals surface area contributed by atoms with Crippen molar-refractivity contribution in [2.45, 2.75) is 39.0 Å². The minimum atomic E-state index is -0.609. The van der Waals surface area contributed by atoms with Crippen LogP contribution in [-0.2, 0) is 6.54 Å². The maximum absolute atomic E-state index is 10.8. The van der Waals surface area contributed by atoms with Crippen molar-refractivity contribution in [1.29, 1.82) is 0 Å². The first-order valence-corrected chi connectivity index (χ1v) is 8.70. The van der Waals surface area contributed by atoms with Crippen LogP contribution in [0.15, 0.2) is 54.6 Å². The molecule has 2 N–H and O–H groups in total. The molecule has 0 amide bonds. The van der Waals surface area contributed by atoms with Crippen molar-refractivity contribution < 1.29 is 19.7 Å². The highest BCUT2D eigenvalue weighted by Crippen LogP contribution is 2.12. The van der Waals surface area contributed by atoms with Crippen LogP contribution >= 0.6 is 0 Å². The van der Waals surface area contributed by atoms with Gasteiger partial charge in [-0.1, -0.05) is 18.2 Å². The fourth-order valence-electron chi connectivity index (χ4n) is 2.68. The summed E-state index contributed by atoms with van der Waals surface area (Å²) in [5.74, 6) is 0.735. The number of benzene rings is 2. The van der Waals surface area contributed by atoms with Crippen molar-refractivity contribution in [2.75, 3.05) is 13.2 Å². The zero-order valence-corrected chi connectivity index (χ0v) is 15.5. The average Bonchev–Trinajstić information content (AvgIpc) is 2.60. The molecule has 0 saturated heterocycles. The minimum Gasteiger partial charge on any atom is -0.491 e. The molecule has 2 unspecified atom stereocenters. The third-order valence-corrected chi connectivity index (χ3v) is 4.29. The summed E-state index contributed by atoms with van der Waals surface area (Å²) in [6.45, 7) is 7.75. The number of ether oxygens (including phenoxy) is 1. The Morgan fingerprint density at radius 3 is 2.27 bits per heavy atom. The van der Waals surface area contributed by atoms with Crippen LogP contribution in [0.3, 0.4) is 0 Å². The molecule has 0 aromatic heterocycles. The van der Waals surface area contributed by atoms with Crippen molar-refractivity contribution in [3.63, 3.8) is 0 Å². The molecule has 0 saturated carbocycles. The molecule has 0 aliphatic rings. The standard InChI is InChI=1S/C20H26N2O4/c1-20(2,3)21(13-16-9-11-17(12-10-16)22(24)25)14-18(23)15-26-19-7-5-4-6-8-19/h4-12,18,23H,13-15H2,1-3H3/p+1. The molecule has 26 heavy (non-hydrogen) atoms. The van der Waals surface area contributed by atoms with Gasteiger partial charge >= 0.3 is 0 Å². The van der Waals surface area contributed by atoms with E-state index in [1.54, 1.807) is 12.1 Å². The molecular formula is C20H27N2O4+. The second kappa shape index (κ2) is 8.78. The predicted octanol–water partition coefficient (Wildman–Crippen LogP) is 2.22. The lowest BCUT2D eigenvalue weighted by atomic mass is 10.0. The Labute approximate surface area is 154 Å². The molecule has 0 aliphatic heterocycles. The van der Waals surface area contributed by atoms with E-state index in [9.17, 15) is 15.2 Å². The zero-order valence-electron chi connectivity index (χ0n) is 15.5. The first-order valence-electron chi connectivity index (χ1n) is 8.70. The Kier molecular flexibility index (Phi) is 6.71. The summed E-state index contributed by atoms with van der Waals surface area (Å²) in [6.07, 6.45) is -0.609. The topological polar surface area (TPSA) is 77.0 Å². The number of aliphatic hydroxyl groups is 1. The normalized spacial score (nSPS) is 13.8. The average molecular weight is 359 g/mol. The van der Waals surface area contributed by atoms with E-state index in [-0.39, 0.29) is 17.8 Å². The Hall–Kier alpha value is -2.44. The number of non-ortho nitro benzene ring substituents is 1. The fourth-order valence-corrected chi connectivity index (χ4v) is 2.68. The number of nitrogens with one attached hydrogen (secondary N) is 1. The van der Waals surface area contributed by atoms with Gasteiger partial charge in [-0.25, -0.2) is 0 Å². The second-order valence-corrected chi connectivity index (χ2v) is 7.44. The molecule has 2 aromatic carbocycles. The van der Waals surface area contributed by atoms with Crippen molar-refractivity contribution in [1.82, 2.24) is 0 Å². The maximum Gasteiger partial charge on any atom is 0.269 e. The van der Waals surface area contributed by atoms with Gasteiger partial charge < -0.3 is 14.7 Å². The molecule has 0 heterocycles. The van der Waals surface area contributed by atoms with Crippen molar-refractivity contribution in [2.24, 2.45) is 0 Å². The number of rotatable bonds is 8. The van der Waals surface area contributed by atoms with Crippen molar-refractivity contribution in [3.8, 4) is 5.75 Å². The summed E-state index contributed by atoms with van der Waals surface area (Å²) in [7, 11) is 0. The van der Waals surface area contributed by atoms with Gasteiger partial charge in [0.2, 0.25) is 0 Å². The number of quaternary nitrogens is 1. The summed E-state index contributed by atoms with van der Waals surface area (Å²) in [6, 6.07) is 16.0. The second-order valence-electron chi connectivity index (χ2n) is 7.44. The molecule has 140 valence electrons. The van der Waals surface area contributed by atoms with Crippen LogP contribution in [0.2, 0.25) is 0 Å². The molecule has 0 spiro atoms. The van der Waals surface area contributed by atoms with Gasteiger partial charge in [0.05, 0.1) is 10.5 Å². The Morgan fingerprint density at radius 1 is 1.12 bits per heavy atom. The predicted molar refractivity (Wildman–Crippen MR) is 100 cm³/mol. The number of para-hydroxylation sites is 1. The highest BCUT2D eigenvalue weighted by molar-refractivity contribution is 5.32. The molecule has 0 bridgehead atoms. The van der Waals surface area contributed by atoms with E-state index in [0.29, 0.717) is 13.1 Å². The molecule has 0 fully saturated rings. The maximum atomic E-state index is 10.8. The number of hydrogen-bond donors (Lipinski definition) is 2. The van der Waals surface area contributed by atoms with Gasteiger partial charge in [-0.2, -0.15) is 0 Å². The first kappa shape index (κ1) is 19.9. The van der Waals surface area contributed by atoms with E-state index in [1.165, 1.54) is 17.0 Å². The van der Waals surface area contributed by atoms with Crippen LogP contribution in [0.1, 0.15) is 26.3 Å². The fraction of sp³-hybridized carbons (Fsp3) is 0.400. The van der Waals surface area contributed by atoms with Gasteiger partial charge in [-0.05, 0) is 45.0 Å². The summed E-state index contributed by atoms with van der Waals surface area (Å²) in [4.78, 5) is 11.6. The van der Waals surface area contributed by atoms with Gasteiger partial charge in [0, 0.05) is 17.7 Å². The van der Waals surface area contributed by atoms with Crippen LogP contribution in [-0.4, -0.2) is 34.8 Å². The zero-order chi connectivity index (χ0) is 19.2. The SMILES string of the molecule is CC(C)(C)[NH+](Cc1ccc([N+](=O)[O-])cc1)CC(O)COc1ccccc1. The van der Waals surface area contributed by atoms with E-state index in [1.807, 2.05) is 30.3 Å². The molecule has 6 heteroatoms. The van der Waals surface area contributed by atoms with E-state index in [4.69, 9.17) is 4.74 Å². The third-order valence-electron chi connectivity index (χ3n) is 4.29. The number of nitrogens with zero attached hydrogens (tertiary/aromatic N) is 1. The van der Waals surface area contributed by atoms with Crippen molar-refractivity contribution in [3.05, 3.63) is 70.3 Å². The Balaban J connectivity index is 1.97. The number of aliphatic hydroxyl groups excluding tert-OH is 1. The Bertz CT molecular complexity index is 696. The van der Waals surface area contributed by atoms with Crippen LogP contribution in [0.5, 0.6) is 5.75 Å². The number of nitro groups is 1. The smallest absolute Gasteiger partial charge is 0.269 e. The van der Waals surface area contributed by atoms with Gasteiger partial charge in [0.25, 0.3) is 5.69 Å². The molecule has 0 radical (unpaired) electrons. The van der Waals surface area contributed by atoms with Crippen LogP contribution < -0.4 is 9.64 Å². The molecule has 2 aromatic rings. The molecule has 2 atom stereocenters. The minimum absolute atomic E-state index is 0.0855. The molecule has 2 rings (SSSR count). The largest absolute Gasteiger partial charge is 0.491 e. The third kappa shape index (κ3) is 6.13. The molecule has 6 nitrogen and oxygen atoms in total. The van der Waals surface area contributed by atoms with E-state index >= 15 is 0 Å². The lowest BCUT2D eigenvalue weighted by Gasteiger charge is -2.33. The monoisotopic (exact) mass is 359 g/mol. The van der Waals surface area contributed by atoms with E-state index in [0.717, 1.165) is 11.3 Å². The molecular weight excluding hydrogens is 332 g/mol. The Morgan fingerprint density at radius 2 is 1.73 bits per heavy atom. The van der Waals surface area contributed by atoms with Crippen LogP contribution in [0.4, 0.5) is 5.69 Å². The van der Waals surface area contributed by atoms with Gasteiger partial charge in [-0.15, -0.1) is 0 Å². The quantitative estimate of drug-likeness (QED) is 0.560. The van der Waals surface area contributed by atoms with Crippen LogP contribution in [0.25, 0.3) is 0 Å². The van der Waals surface area contributed by atoms with Gasteiger partial charge in [-0.3, -0.25) is 10.1 Å². The van der Waals surface area contributed by atoms with Gasteiger partial charge in [0.1, 0.15) is 31.5 Å². The number of hydrogen-bond acceptors (Lipinski definition) is 4. The van der Waals surface area contributed by atoms with Crippen molar-refractivity contribution >= 4 is 5.69 Å². The summed E-state index contributed by atoms with van der Waals surface area (Å²) in [5, 5.41) is 21.2. The number of nitro benzene ring substituents is 1. The van der Waals surface area contributed by atoms with E-state index < -0.39 is 11.0 Å².